The molecule has 0 radical (unpaired) electrons. The predicted molar refractivity (Wildman–Crippen MR) is 115 cm³/mol. The van der Waals surface area contributed by atoms with Crippen molar-refractivity contribution in [2.24, 2.45) is 0 Å². The van der Waals surface area contributed by atoms with E-state index in [4.69, 9.17) is 9.47 Å². The highest BCUT2D eigenvalue weighted by molar-refractivity contribution is 5.81. The van der Waals surface area contributed by atoms with Crippen molar-refractivity contribution in [3.63, 3.8) is 0 Å². The van der Waals surface area contributed by atoms with Crippen LogP contribution < -0.4 is 5.32 Å². The Labute approximate surface area is 177 Å². The van der Waals surface area contributed by atoms with Crippen LogP contribution >= 0.6 is 0 Å². The number of hydrogen-bond acceptors (Lipinski definition) is 4. The number of carboxylic acid groups (broad SMARTS) is 1. The number of amides is 1. The van der Waals surface area contributed by atoms with Crippen LogP contribution in [-0.2, 0) is 14.3 Å². The highest BCUT2D eigenvalue weighted by Gasteiger charge is 2.32. The van der Waals surface area contributed by atoms with Gasteiger partial charge in [-0.05, 0) is 49.9 Å². The molecule has 0 bridgehead atoms. The van der Waals surface area contributed by atoms with Crippen molar-refractivity contribution in [1.29, 1.82) is 0 Å². The Morgan fingerprint density at radius 3 is 2.07 bits per heavy atom. The molecule has 0 fully saturated rings. The minimum absolute atomic E-state index is 0.0519. The SMILES string of the molecule is CC(C)OC(C)(C)CC(NC(=O)OCC1c2ccccc2-c2ccccc21)C(=O)O. The largest absolute Gasteiger partial charge is 0.480 e. The van der Waals surface area contributed by atoms with E-state index in [0.717, 1.165) is 22.3 Å². The number of carbonyl (C=O) groups is 2. The summed E-state index contributed by atoms with van der Waals surface area (Å²) in [6.07, 6.45) is -0.668. The first-order chi connectivity index (χ1) is 14.2. The lowest BCUT2D eigenvalue weighted by Crippen LogP contribution is -2.46. The number of aliphatic carboxylic acids is 1. The summed E-state index contributed by atoms with van der Waals surface area (Å²) in [5, 5.41) is 12.0. The van der Waals surface area contributed by atoms with Gasteiger partial charge in [0.2, 0.25) is 0 Å². The van der Waals surface area contributed by atoms with Crippen LogP contribution in [0.2, 0.25) is 0 Å². The summed E-state index contributed by atoms with van der Waals surface area (Å²) in [6, 6.07) is 15.0. The van der Waals surface area contributed by atoms with Crippen molar-refractivity contribution in [1.82, 2.24) is 5.32 Å². The van der Waals surface area contributed by atoms with Gasteiger partial charge in [-0.25, -0.2) is 9.59 Å². The lowest BCUT2D eigenvalue weighted by atomic mass is 9.98. The Morgan fingerprint density at radius 1 is 1.03 bits per heavy atom. The maximum absolute atomic E-state index is 12.4. The van der Waals surface area contributed by atoms with Crippen LogP contribution in [0.1, 0.15) is 51.2 Å². The fourth-order valence-electron chi connectivity index (χ4n) is 4.16. The summed E-state index contributed by atoms with van der Waals surface area (Å²) in [6.45, 7) is 7.52. The number of hydrogen-bond donors (Lipinski definition) is 2. The zero-order valence-electron chi connectivity index (χ0n) is 17.8. The van der Waals surface area contributed by atoms with Crippen molar-refractivity contribution < 1.29 is 24.2 Å². The number of benzene rings is 2. The van der Waals surface area contributed by atoms with Gasteiger partial charge < -0.3 is 19.9 Å². The minimum atomic E-state index is -1.12. The van der Waals surface area contributed by atoms with E-state index in [9.17, 15) is 14.7 Å². The number of rotatable bonds is 8. The monoisotopic (exact) mass is 411 g/mol. The van der Waals surface area contributed by atoms with E-state index in [-0.39, 0.29) is 25.0 Å². The van der Waals surface area contributed by atoms with Gasteiger partial charge in [-0.3, -0.25) is 0 Å². The molecule has 1 amide bonds. The number of fused-ring (bicyclic) bond motifs is 3. The molecule has 2 aromatic rings. The van der Waals surface area contributed by atoms with Gasteiger partial charge >= 0.3 is 12.1 Å². The molecule has 6 nitrogen and oxygen atoms in total. The molecule has 3 rings (SSSR count). The van der Waals surface area contributed by atoms with E-state index in [0.29, 0.717) is 0 Å². The average Bonchev–Trinajstić information content (AvgIpc) is 2.98. The topological polar surface area (TPSA) is 84.9 Å². The van der Waals surface area contributed by atoms with Crippen molar-refractivity contribution in [2.45, 2.75) is 57.8 Å². The van der Waals surface area contributed by atoms with Crippen LogP contribution in [-0.4, -0.2) is 41.5 Å². The zero-order valence-corrected chi connectivity index (χ0v) is 17.8. The Kier molecular flexibility index (Phi) is 6.46. The smallest absolute Gasteiger partial charge is 0.407 e. The Bertz CT molecular complexity index is 876. The molecule has 0 aliphatic heterocycles. The van der Waals surface area contributed by atoms with Crippen molar-refractivity contribution >= 4 is 12.1 Å². The summed E-state index contributed by atoms with van der Waals surface area (Å²) in [5.41, 5.74) is 3.78. The molecule has 1 aliphatic carbocycles. The fraction of sp³-hybridized carbons (Fsp3) is 0.417. The van der Waals surface area contributed by atoms with E-state index < -0.39 is 23.7 Å². The number of nitrogens with one attached hydrogen (secondary N) is 1. The molecule has 0 heterocycles. The van der Waals surface area contributed by atoms with Crippen molar-refractivity contribution in [3.8, 4) is 11.1 Å². The molecule has 1 aliphatic rings. The van der Waals surface area contributed by atoms with E-state index in [1.54, 1.807) is 0 Å². The van der Waals surface area contributed by atoms with Gasteiger partial charge in [0.15, 0.2) is 0 Å². The third-order valence-electron chi connectivity index (χ3n) is 5.18. The normalized spacial score (nSPS) is 14.2. The third kappa shape index (κ3) is 5.00. The Balaban J connectivity index is 1.66. The summed E-state index contributed by atoms with van der Waals surface area (Å²) in [4.78, 5) is 24.1. The molecule has 0 spiro atoms. The van der Waals surface area contributed by atoms with Gasteiger partial charge in [-0.1, -0.05) is 48.5 Å². The number of alkyl carbamates (subject to hydrolysis) is 1. The lowest BCUT2D eigenvalue weighted by molar-refractivity contribution is -0.142. The van der Waals surface area contributed by atoms with E-state index in [1.165, 1.54) is 0 Å². The summed E-state index contributed by atoms with van der Waals surface area (Å²) < 4.78 is 11.2. The molecule has 30 heavy (non-hydrogen) atoms. The first kappa shape index (κ1) is 21.8. The first-order valence-electron chi connectivity index (χ1n) is 10.2. The molecule has 0 saturated heterocycles. The van der Waals surface area contributed by atoms with Crippen LogP contribution in [0.15, 0.2) is 48.5 Å². The molecule has 1 atom stereocenters. The quantitative estimate of drug-likeness (QED) is 0.665. The van der Waals surface area contributed by atoms with Gasteiger partial charge in [-0.2, -0.15) is 0 Å². The van der Waals surface area contributed by atoms with Gasteiger partial charge in [0.05, 0.1) is 11.7 Å². The van der Waals surface area contributed by atoms with Gasteiger partial charge in [-0.15, -0.1) is 0 Å². The zero-order chi connectivity index (χ0) is 21.9. The number of ether oxygens (including phenoxy) is 2. The summed E-state index contributed by atoms with van der Waals surface area (Å²) >= 11 is 0. The summed E-state index contributed by atoms with van der Waals surface area (Å²) in [5.74, 6) is -1.20. The van der Waals surface area contributed by atoms with Crippen LogP contribution in [0.25, 0.3) is 11.1 Å². The third-order valence-corrected chi connectivity index (χ3v) is 5.18. The van der Waals surface area contributed by atoms with Gasteiger partial charge in [0, 0.05) is 12.3 Å². The minimum Gasteiger partial charge on any atom is -0.480 e. The van der Waals surface area contributed by atoms with Crippen molar-refractivity contribution in [3.05, 3.63) is 59.7 Å². The predicted octanol–water partition coefficient (Wildman–Crippen LogP) is 4.57. The second kappa shape index (κ2) is 8.88. The molecule has 0 saturated carbocycles. The van der Waals surface area contributed by atoms with Gasteiger partial charge in [0.25, 0.3) is 0 Å². The van der Waals surface area contributed by atoms with E-state index in [1.807, 2.05) is 64.1 Å². The van der Waals surface area contributed by atoms with Crippen LogP contribution in [0.3, 0.4) is 0 Å². The molecule has 1 unspecified atom stereocenters. The second-order valence-electron chi connectivity index (χ2n) is 8.49. The van der Waals surface area contributed by atoms with Gasteiger partial charge in [0.1, 0.15) is 12.6 Å². The second-order valence-corrected chi connectivity index (χ2v) is 8.49. The van der Waals surface area contributed by atoms with E-state index in [2.05, 4.69) is 17.4 Å². The van der Waals surface area contributed by atoms with Crippen molar-refractivity contribution in [2.75, 3.05) is 6.61 Å². The highest BCUT2D eigenvalue weighted by atomic mass is 16.5. The van der Waals surface area contributed by atoms with E-state index >= 15 is 0 Å². The molecular weight excluding hydrogens is 382 g/mol. The van der Waals surface area contributed by atoms with Crippen LogP contribution in [0.4, 0.5) is 4.79 Å². The first-order valence-corrected chi connectivity index (χ1v) is 10.2. The molecule has 0 aromatic heterocycles. The maximum Gasteiger partial charge on any atom is 0.407 e. The fourth-order valence-corrected chi connectivity index (χ4v) is 4.16. The summed E-state index contributed by atoms with van der Waals surface area (Å²) in [7, 11) is 0. The highest BCUT2D eigenvalue weighted by Crippen LogP contribution is 2.44. The molecule has 2 aromatic carbocycles. The number of carbonyl (C=O) groups excluding carboxylic acids is 1. The molecular formula is C24H29NO5. The standard InChI is InChI=1S/C24H29NO5/c1-15(2)30-24(3,4)13-21(22(26)27)25-23(28)29-14-20-18-11-7-5-9-16(18)17-10-6-8-12-19(17)20/h5-12,15,20-21H,13-14H2,1-4H3,(H,25,28)(H,26,27). The maximum atomic E-state index is 12.4. The number of carboxylic acids is 1. The average molecular weight is 411 g/mol. The van der Waals surface area contributed by atoms with Crippen LogP contribution in [0.5, 0.6) is 0 Å². The molecule has 2 N–H and O–H groups in total. The Hall–Kier alpha value is -2.86. The lowest BCUT2D eigenvalue weighted by Gasteiger charge is -2.30. The Morgan fingerprint density at radius 2 is 1.57 bits per heavy atom. The molecule has 6 heteroatoms. The van der Waals surface area contributed by atoms with Crippen LogP contribution in [0, 0.1) is 0 Å². The molecule has 160 valence electrons.